The number of amides is 1. The van der Waals surface area contributed by atoms with Crippen LogP contribution < -0.4 is 10.6 Å². The number of carboxylic acid groups (broad SMARTS) is 1. The maximum atomic E-state index is 12.8. The third-order valence-corrected chi connectivity index (χ3v) is 2.58. The van der Waals surface area contributed by atoms with Gasteiger partial charge in [-0.15, -0.1) is 0 Å². The van der Waals surface area contributed by atoms with Crippen LogP contribution in [0.15, 0.2) is 36.0 Å². The van der Waals surface area contributed by atoms with Crippen LogP contribution in [-0.2, 0) is 15.8 Å². The third-order valence-electron chi connectivity index (χ3n) is 2.58. The molecule has 3 N–H and O–H groups in total. The number of carbonyl (C=O) groups is 2. The van der Waals surface area contributed by atoms with Crippen LogP contribution in [0.5, 0.6) is 0 Å². The maximum absolute atomic E-state index is 12.8. The Morgan fingerprint density at radius 2 is 1.96 bits per heavy atom. The topological polar surface area (TPSA) is 102 Å². The Hall–Kier alpha value is -3.02. The molecular weight excluding hydrogens is 315 g/mol. The molecule has 0 aliphatic heterocycles. The van der Waals surface area contributed by atoms with Crippen LogP contribution in [0.4, 0.5) is 18.9 Å². The number of para-hydroxylation sites is 1. The Balaban J connectivity index is 2.84. The lowest BCUT2D eigenvalue weighted by Crippen LogP contribution is -2.20. The molecule has 0 atom stereocenters. The smallest absolute Gasteiger partial charge is 0.418 e. The molecule has 1 rings (SSSR count). The van der Waals surface area contributed by atoms with Crippen molar-refractivity contribution in [1.29, 1.82) is 5.26 Å². The van der Waals surface area contributed by atoms with E-state index in [1.807, 2.05) is 5.32 Å². The zero-order chi connectivity index (χ0) is 17.5. The number of halogens is 3. The molecule has 0 aromatic heterocycles. The van der Waals surface area contributed by atoms with Gasteiger partial charge in [-0.1, -0.05) is 12.1 Å². The minimum Gasteiger partial charge on any atom is -0.481 e. The Kier molecular flexibility index (Phi) is 6.14. The first kappa shape index (κ1) is 18.0. The molecule has 0 aliphatic rings. The van der Waals surface area contributed by atoms with Crippen molar-refractivity contribution < 1.29 is 27.9 Å². The van der Waals surface area contributed by atoms with Crippen LogP contribution in [0.1, 0.15) is 12.0 Å². The van der Waals surface area contributed by atoms with E-state index in [-0.39, 0.29) is 13.0 Å². The van der Waals surface area contributed by atoms with E-state index < -0.39 is 34.9 Å². The summed E-state index contributed by atoms with van der Waals surface area (Å²) < 4.78 is 38.4. The number of carbonyl (C=O) groups excluding carboxylic acids is 1. The first-order chi connectivity index (χ1) is 10.8. The molecule has 0 bridgehead atoms. The second-order valence-corrected chi connectivity index (χ2v) is 4.27. The van der Waals surface area contributed by atoms with Gasteiger partial charge in [-0.2, -0.15) is 18.4 Å². The molecule has 0 saturated carbocycles. The highest BCUT2D eigenvalue weighted by Crippen LogP contribution is 2.34. The molecule has 0 unspecified atom stereocenters. The molecule has 0 heterocycles. The van der Waals surface area contributed by atoms with Crippen molar-refractivity contribution in [2.24, 2.45) is 0 Å². The van der Waals surface area contributed by atoms with Crippen LogP contribution >= 0.6 is 0 Å². The second-order valence-electron chi connectivity index (χ2n) is 4.27. The summed E-state index contributed by atoms with van der Waals surface area (Å²) in [4.78, 5) is 22.1. The normalized spacial score (nSPS) is 11.5. The van der Waals surface area contributed by atoms with E-state index >= 15 is 0 Å². The summed E-state index contributed by atoms with van der Waals surface area (Å²) in [5.74, 6) is -2.11. The minimum absolute atomic E-state index is 0.0348. The zero-order valence-electron chi connectivity index (χ0n) is 11.6. The molecule has 0 saturated heterocycles. The van der Waals surface area contributed by atoms with Gasteiger partial charge in [-0.3, -0.25) is 9.59 Å². The van der Waals surface area contributed by atoms with Crippen LogP contribution in [0.3, 0.4) is 0 Å². The third kappa shape index (κ3) is 5.70. The number of aliphatic carboxylic acids is 1. The molecule has 0 fully saturated rings. The average Bonchev–Trinajstić information content (AvgIpc) is 2.46. The van der Waals surface area contributed by atoms with Gasteiger partial charge in [-0.05, 0) is 12.1 Å². The van der Waals surface area contributed by atoms with Crippen LogP contribution in [0, 0.1) is 11.3 Å². The summed E-state index contributed by atoms with van der Waals surface area (Å²) in [7, 11) is 0. The number of hydrogen-bond donors (Lipinski definition) is 3. The van der Waals surface area contributed by atoms with E-state index in [4.69, 9.17) is 10.4 Å². The van der Waals surface area contributed by atoms with Crippen molar-refractivity contribution in [3.8, 4) is 6.07 Å². The number of nitrogens with zero attached hydrogens (tertiary/aromatic N) is 1. The summed E-state index contributed by atoms with van der Waals surface area (Å²) in [5, 5.41) is 21.7. The van der Waals surface area contributed by atoms with Gasteiger partial charge in [0.15, 0.2) is 0 Å². The van der Waals surface area contributed by atoms with Crippen molar-refractivity contribution in [2.45, 2.75) is 12.6 Å². The Morgan fingerprint density at radius 3 is 2.52 bits per heavy atom. The maximum Gasteiger partial charge on any atom is 0.418 e. The molecule has 23 heavy (non-hydrogen) atoms. The van der Waals surface area contributed by atoms with Crippen molar-refractivity contribution in [1.82, 2.24) is 5.32 Å². The number of nitriles is 1. The highest BCUT2D eigenvalue weighted by molar-refractivity contribution is 6.06. The predicted octanol–water partition coefficient (Wildman–Crippen LogP) is 2.12. The Morgan fingerprint density at radius 1 is 1.30 bits per heavy atom. The van der Waals surface area contributed by atoms with Crippen molar-refractivity contribution in [3.63, 3.8) is 0 Å². The van der Waals surface area contributed by atoms with Gasteiger partial charge in [0.1, 0.15) is 11.6 Å². The Labute approximate surface area is 129 Å². The number of benzene rings is 1. The van der Waals surface area contributed by atoms with Gasteiger partial charge in [0.25, 0.3) is 5.91 Å². The number of carboxylic acids is 1. The fourth-order valence-corrected chi connectivity index (χ4v) is 1.53. The average molecular weight is 327 g/mol. The quantitative estimate of drug-likeness (QED) is 0.422. The predicted molar refractivity (Wildman–Crippen MR) is 74.0 cm³/mol. The van der Waals surface area contributed by atoms with Gasteiger partial charge in [0.2, 0.25) is 0 Å². The largest absolute Gasteiger partial charge is 0.481 e. The van der Waals surface area contributed by atoms with E-state index in [1.54, 1.807) is 0 Å². The van der Waals surface area contributed by atoms with Crippen molar-refractivity contribution >= 4 is 17.6 Å². The summed E-state index contributed by atoms with van der Waals surface area (Å²) in [6.07, 6.45) is -3.94. The lowest BCUT2D eigenvalue weighted by molar-refractivity contribution is -0.137. The molecule has 6 nitrogen and oxygen atoms in total. The summed E-state index contributed by atoms with van der Waals surface area (Å²) in [5.41, 5.74) is -1.99. The van der Waals surface area contributed by atoms with E-state index in [1.165, 1.54) is 18.2 Å². The van der Waals surface area contributed by atoms with Gasteiger partial charge >= 0.3 is 12.1 Å². The molecule has 0 spiro atoms. The highest BCUT2D eigenvalue weighted by atomic mass is 19.4. The van der Waals surface area contributed by atoms with Crippen LogP contribution in [0.2, 0.25) is 0 Å². The molecular formula is C14H12F3N3O3. The number of nitrogens with one attached hydrogen (secondary N) is 2. The minimum atomic E-state index is -4.65. The first-order valence-electron chi connectivity index (χ1n) is 6.28. The molecule has 1 amide bonds. The van der Waals surface area contributed by atoms with Crippen molar-refractivity contribution in [3.05, 3.63) is 41.6 Å². The highest BCUT2D eigenvalue weighted by Gasteiger charge is 2.33. The molecule has 9 heteroatoms. The van der Waals surface area contributed by atoms with Crippen molar-refractivity contribution in [2.75, 3.05) is 11.9 Å². The molecule has 0 aliphatic carbocycles. The number of hydrogen-bond acceptors (Lipinski definition) is 4. The summed E-state index contributed by atoms with van der Waals surface area (Å²) >= 11 is 0. The van der Waals surface area contributed by atoms with Gasteiger partial charge in [0.05, 0.1) is 17.7 Å². The van der Waals surface area contributed by atoms with Gasteiger partial charge in [0, 0.05) is 12.7 Å². The number of alkyl halides is 3. The fourth-order valence-electron chi connectivity index (χ4n) is 1.53. The second kappa shape index (κ2) is 7.84. The number of anilines is 1. The SMILES string of the molecule is N#C/C(=C/NCCC(=O)O)C(=O)Nc1ccccc1C(F)(F)F. The molecule has 1 aromatic carbocycles. The van der Waals surface area contributed by atoms with E-state index in [0.717, 1.165) is 18.3 Å². The Bertz CT molecular complexity index is 663. The lowest BCUT2D eigenvalue weighted by atomic mass is 10.1. The first-order valence-corrected chi connectivity index (χ1v) is 6.28. The van der Waals surface area contributed by atoms with Crippen LogP contribution in [0.25, 0.3) is 0 Å². The van der Waals surface area contributed by atoms with E-state index in [2.05, 4.69) is 5.32 Å². The van der Waals surface area contributed by atoms with Gasteiger partial charge < -0.3 is 15.7 Å². The number of rotatable bonds is 6. The van der Waals surface area contributed by atoms with Crippen LogP contribution in [-0.4, -0.2) is 23.5 Å². The zero-order valence-corrected chi connectivity index (χ0v) is 11.6. The summed E-state index contributed by atoms with van der Waals surface area (Å²) in [6, 6.07) is 5.88. The molecule has 0 radical (unpaired) electrons. The molecule has 122 valence electrons. The monoisotopic (exact) mass is 327 g/mol. The lowest BCUT2D eigenvalue weighted by Gasteiger charge is -2.13. The molecule has 1 aromatic rings. The fraction of sp³-hybridized carbons (Fsp3) is 0.214. The standard InChI is InChI=1S/C14H12F3N3O3/c15-14(16,17)10-3-1-2-4-11(10)20-13(23)9(7-18)8-19-6-5-12(21)22/h1-4,8,19H,5-6H2,(H,20,23)(H,21,22)/b9-8-. The van der Waals surface area contributed by atoms with Gasteiger partial charge in [-0.25, -0.2) is 0 Å². The van der Waals surface area contributed by atoms with E-state index in [0.29, 0.717) is 0 Å². The van der Waals surface area contributed by atoms with E-state index in [9.17, 15) is 22.8 Å². The summed E-state index contributed by atoms with van der Waals surface area (Å²) in [6.45, 7) is -0.0348.